The first-order valence-electron chi connectivity index (χ1n) is 6.84. The molecule has 20 heavy (non-hydrogen) atoms. The van der Waals surface area contributed by atoms with Crippen molar-refractivity contribution in [2.75, 3.05) is 19.0 Å². The van der Waals surface area contributed by atoms with Crippen molar-refractivity contribution in [3.8, 4) is 11.5 Å². The largest absolute Gasteiger partial charge is 0.436 e. The van der Waals surface area contributed by atoms with Crippen molar-refractivity contribution in [3.05, 3.63) is 48.0 Å². The molecule has 0 bridgehead atoms. The van der Waals surface area contributed by atoms with Crippen LogP contribution in [0, 0.1) is 0 Å². The van der Waals surface area contributed by atoms with E-state index in [1.165, 1.54) is 5.56 Å². The summed E-state index contributed by atoms with van der Waals surface area (Å²) >= 11 is 0. The molecule has 2 aromatic carbocycles. The van der Waals surface area contributed by atoms with Gasteiger partial charge in [0.1, 0.15) is 5.52 Å². The van der Waals surface area contributed by atoms with Gasteiger partial charge in [0.15, 0.2) is 5.58 Å². The molecular weight excluding hydrogens is 248 g/mol. The van der Waals surface area contributed by atoms with E-state index in [2.05, 4.69) is 41.1 Å². The summed E-state index contributed by atoms with van der Waals surface area (Å²) in [5, 5.41) is 0. The van der Waals surface area contributed by atoms with Crippen LogP contribution in [-0.4, -0.2) is 19.1 Å². The molecule has 102 valence electrons. The first kappa shape index (κ1) is 12.7. The lowest BCUT2D eigenvalue weighted by Crippen LogP contribution is -2.07. The van der Waals surface area contributed by atoms with Gasteiger partial charge in [-0.25, -0.2) is 4.98 Å². The maximum absolute atomic E-state index is 5.87. The smallest absolute Gasteiger partial charge is 0.227 e. The third kappa shape index (κ3) is 2.27. The lowest BCUT2D eigenvalue weighted by Gasteiger charge is -2.11. The molecule has 0 saturated heterocycles. The van der Waals surface area contributed by atoms with Crippen LogP contribution in [0.2, 0.25) is 0 Å². The van der Waals surface area contributed by atoms with Crippen LogP contribution < -0.4 is 4.90 Å². The van der Waals surface area contributed by atoms with Gasteiger partial charge >= 0.3 is 0 Å². The molecule has 0 unspecified atom stereocenters. The highest BCUT2D eigenvalue weighted by Gasteiger charge is 2.08. The van der Waals surface area contributed by atoms with Gasteiger partial charge in [0.05, 0.1) is 0 Å². The molecule has 0 saturated carbocycles. The Labute approximate surface area is 118 Å². The summed E-state index contributed by atoms with van der Waals surface area (Å²) < 4.78 is 5.87. The summed E-state index contributed by atoms with van der Waals surface area (Å²) in [7, 11) is 4.06. The summed E-state index contributed by atoms with van der Waals surface area (Å²) in [6.45, 7) is 2.14. The average Bonchev–Trinajstić information content (AvgIpc) is 2.90. The number of hydrogen-bond donors (Lipinski definition) is 0. The van der Waals surface area contributed by atoms with Crippen LogP contribution in [-0.2, 0) is 6.42 Å². The van der Waals surface area contributed by atoms with E-state index in [0.717, 1.165) is 28.8 Å². The lowest BCUT2D eigenvalue weighted by atomic mass is 10.1. The number of fused-ring (bicyclic) bond motifs is 1. The van der Waals surface area contributed by atoms with Crippen molar-refractivity contribution >= 4 is 16.8 Å². The number of aryl methyl sites for hydroxylation is 1. The molecule has 0 atom stereocenters. The molecule has 3 heteroatoms. The van der Waals surface area contributed by atoms with Gasteiger partial charge in [0.2, 0.25) is 5.89 Å². The highest BCUT2D eigenvalue weighted by molar-refractivity contribution is 5.77. The summed E-state index contributed by atoms with van der Waals surface area (Å²) in [5.41, 5.74) is 5.20. The van der Waals surface area contributed by atoms with E-state index in [4.69, 9.17) is 4.42 Å². The van der Waals surface area contributed by atoms with Crippen molar-refractivity contribution in [1.29, 1.82) is 0 Å². The van der Waals surface area contributed by atoms with Crippen molar-refractivity contribution in [3.63, 3.8) is 0 Å². The normalized spacial score (nSPS) is 10.9. The van der Waals surface area contributed by atoms with E-state index in [0.29, 0.717) is 5.89 Å². The standard InChI is InChI=1S/C17H18N2O/c1-4-12-5-10-15-16(11-12)20-17(18-15)13-6-8-14(9-7-13)19(2)3/h5-11H,4H2,1-3H3. The number of hydrogen-bond acceptors (Lipinski definition) is 3. The minimum atomic E-state index is 0.679. The highest BCUT2D eigenvalue weighted by atomic mass is 16.3. The molecule has 0 spiro atoms. The van der Waals surface area contributed by atoms with Gasteiger partial charge in [-0.15, -0.1) is 0 Å². The van der Waals surface area contributed by atoms with Gasteiger partial charge in [0.25, 0.3) is 0 Å². The number of nitrogens with zero attached hydrogens (tertiary/aromatic N) is 2. The molecule has 3 aromatic rings. The zero-order valence-corrected chi connectivity index (χ0v) is 12.1. The maximum atomic E-state index is 5.87. The summed E-state index contributed by atoms with van der Waals surface area (Å²) in [6, 6.07) is 14.4. The Hall–Kier alpha value is -2.29. The van der Waals surface area contributed by atoms with E-state index >= 15 is 0 Å². The zero-order chi connectivity index (χ0) is 14.1. The van der Waals surface area contributed by atoms with Gasteiger partial charge in [-0.05, 0) is 48.4 Å². The molecule has 0 N–H and O–H groups in total. The van der Waals surface area contributed by atoms with E-state index in [9.17, 15) is 0 Å². The number of rotatable bonds is 3. The first-order chi connectivity index (χ1) is 9.67. The third-order valence-corrected chi connectivity index (χ3v) is 3.49. The fraction of sp³-hybridized carbons (Fsp3) is 0.235. The Morgan fingerprint density at radius 2 is 1.80 bits per heavy atom. The molecule has 0 aliphatic carbocycles. The van der Waals surface area contributed by atoms with Crippen molar-refractivity contribution < 1.29 is 4.42 Å². The lowest BCUT2D eigenvalue weighted by molar-refractivity contribution is 0.619. The van der Waals surface area contributed by atoms with E-state index < -0.39 is 0 Å². The van der Waals surface area contributed by atoms with E-state index in [1.807, 2.05) is 32.3 Å². The Kier molecular flexibility index (Phi) is 3.18. The monoisotopic (exact) mass is 266 g/mol. The van der Waals surface area contributed by atoms with E-state index in [-0.39, 0.29) is 0 Å². The van der Waals surface area contributed by atoms with Crippen molar-refractivity contribution in [2.24, 2.45) is 0 Å². The van der Waals surface area contributed by atoms with Gasteiger partial charge in [0, 0.05) is 25.3 Å². The second kappa shape index (κ2) is 5.00. The molecule has 3 rings (SSSR count). The number of benzene rings is 2. The van der Waals surface area contributed by atoms with Crippen LogP contribution in [0.3, 0.4) is 0 Å². The fourth-order valence-electron chi connectivity index (χ4n) is 2.21. The first-order valence-corrected chi connectivity index (χ1v) is 6.84. The SMILES string of the molecule is CCc1ccc2nc(-c3ccc(N(C)C)cc3)oc2c1. The Bertz CT molecular complexity index is 726. The molecule has 0 fully saturated rings. The van der Waals surface area contributed by atoms with Gasteiger partial charge in [-0.2, -0.15) is 0 Å². The summed E-state index contributed by atoms with van der Waals surface area (Å²) in [5.74, 6) is 0.679. The molecule has 0 aliphatic heterocycles. The topological polar surface area (TPSA) is 29.3 Å². The van der Waals surface area contributed by atoms with Crippen LogP contribution in [0.25, 0.3) is 22.6 Å². The quantitative estimate of drug-likeness (QED) is 0.714. The van der Waals surface area contributed by atoms with Gasteiger partial charge in [-0.1, -0.05) is 13.0 Å². The molecular formula is C17H18N2O. The molecule has 1 heterocycles. The zero-order valence-electron chi connectivity index (χ0n) is 12.1. The Balaban J connectivity index is 2.01. The summed E-state index contributed by atoms with van der Waals surface area (Å²) in [6.07, 6.45) is 1.00. The predicted octanol–water partition coefficient (Wildman–Crippen LogP) is 4.12. The van der Waals surface area contributed by atoms with Gasteiger partial charge < -0.3 is 9.32 Å². The van der Waals surface area contributed by atoms with E-state index in [1.54, 1.807) is 0 Å². The fourth-order valence-corrected chi connectivity index (χ4v) is 2.21. The summed E-state index contributed by atoms with van der Waals surface area (Å²) in [4.78, 5) is 6.63. The van der Waals surface area contributed by atoms with Crippen molar-refractivity contribution in [1.82, 2.24) is 4.98 Å². The van der Waals surface area contributed by atoms with Crippen LogP contribution in [0.4, 0.5) is 5.69 Å². The molecule has 0 amide bonds. The molecule has 0 aliphatic rings. The second-order valence-corrected chi connectivity index (χ2v) is 5.12. The minimum Gasteiger partial charge on any atom is -0.436 e. The number of oxazole rings is 1. The number of aromatic nitrogens is 1. The minimum absolute atomic E-state index is 0.679. The average molecular weight is 266 g/mol. The maximum Gasteiger partial charge on any atom is 0.227 e. The van der Waals surface area contributed by atoms with Crippen LogP contribution >= 0.6 is 0 Å². The molecule has 0 radical (unpaired) electrons. The molecule has 3 nitrogen and oxygen atoms in total. The third-order valence-electron chi connectivity index (χ3n) is 3.49. The Morgan fingerprint density at radius 3 is 2.45 bits per heavy atom. The highest BCUT2D eigenvalue weighted by Crippen LogP contribution is 2.26. The Morgan fingerprint density at radius 1 is 1.05 bits per heavy atom. The van der Waals surface area contributed by atoms with Crippen LogP contribution in [0.1, 0.15) is 12.5 Å². The predicted molar refractivity (Wildman–Crippen MR) is 83.2 cm³/mol. The van der Waals surface area contributed by atoms with Crippen LogP contribution in [0.15, 0.2) is 46.9 Å². The van der Waals surface area contributed by atoms with Gasteiger partial charge in [-0.3, -0.25) is 0 Å². The molecule has 1 aromatic heterocycles. The van der Waals surface area contributed by atoms with Crippen LogP contribution in [0.5, 0.6) is 0 Å². The second-order valence-electron chi connectivity index (χ2n) is 5.12. The van der Waals surface area contributed by atoms with Crippen molar-refractivity contribution in [2.45, 2.75) is 13.3 Å². The number of anilines is 1.